The quantitative estimate of drug-likeness (QED) is 0.674. The fourth-order valence-corrected chi connectivity index (χ4v) is 1.89. The van der Waals surface area contributed by atoms with Crippen LogP contribution >= 0.6 is 0 Å². The Kier molecular flexibility index (Phi) is 4.37. The van der Waals surface area contributed by atoms with Crippen LogP contribution in [0.5, 0.6) is 5.75 Å². The van der Waals surface area contributed by atoms with Crippen LogP contribution < -0.4 is 10.1 Å². The molecule has 0 aromatic heterocycles. The maximum absolute atomic E-state index is 13.5. The maximum atomic E-state index is 13.5. The Bertz CT molecular complexity index is 674. The highest BCUT2D eigenvalue weighted by Gasteiger charge is 2.11. The smallest absolute Gasteiger partial charge is 0.271 e. The molecule has 0 aliphatic heterocycles. The monoisotopic (exact) mass is 290 g/mol. The Morgan fingerprint density at radius 2 is 2.05 bits per heavy atom. The topological polar surface area (TPSA) is 64.4 Å². The fraction of sp³-hybridized carbons (Fsp3) is 0.200. The molecule has 110 valence electrons. The molecule has 6 heteroatoms. The number of halogens is 1. The minimum atomic E-state index is -0.476. The number of non-ortho nitro benzene ring substituents is 1. The van der Waals surface area contributed by atoms with Gasteiger partial charge in [-0.3, -0.25) is 10.1 Å². The molecule has 2 aromatic carbocycles. The molecule has 0 bridgehead atoms. The average molecular weight is 290 g/mol. The van der Waals surface area contributed by atoms with Gasteiger partial charge in [0, 0.05) is 18.7 Å². The number of hydrogen-bond donors (Lipinski definition) is 1. The van der Waals surface area contributed by atoms with Crippen LogP contribution in [0.2, 0.25) is 0 Å². The second kappa shape index (κ2) is 6.21. The van der Waals surface area contributed by atoms with Gasteiger partial charge in [-0.2, -0.15) is 0 Å². The molecule has 0 radical (unpaired) electrons. The summed E-state index contributed by atoms with van der Waals surface area (Å²) in [6.45, 7) is 2.03. The van der Waals surface area contributed by atoms with Crippen LogP contribution in [0.1, 0.15) is 11.1 Å². The zero-order chi connectivity index (χ0) is 15.4. The molecule has 0 aliphatic carbocycles. The van der Waals surface area contributed by atoms with Crippen molar-refractivity contribution in [1.82, 2.24) is 0 Å². The van der Waals surface area contributed by atoms with Gasteiger partial charge in [0.25, 0.3) is 5.69 Å². The number of nitrogens with one attached hydrogen (secondary N) is 1. The summed E-state index contributed by atoms with van der Waals surface area (Å²) in [6.07, 6.45) is 0. The first-order valence-corrected chi connectivity index (χ1v) is 6.32. The van der Waals surface area contributed by atoms with E-state index >= 15 is 0 Å². The van der Waals surface area contributed by atoms with Gasteiger partial charge in [0.2, 0.25) is 0 Å². The first kappa shape index (κ1) is 14.8. The highest BCUT2D eigenvalue weighted by Crippen LogP contribution is 2.29. The number of aryl methyl sites for hydroxylation is 1. The molecular formula is C15H15FN2O3. The van der Waals surface area contributed by atoms with E-state index in [1.807, 2.05) is 0 Å². The number of nitro benzene ring substituents is 1. The molecule has 5 nitrogen and oxygen atoms in total. The largest absolute Gasteiger partial charge is 0.495 e. The second-order valence-electron chi connectivity index (χ2n) is 4.58. The number of anilines is 1. The SMILES string of the molecule is COc1ccc([N+](=O)[O-])cc1NCc1ccc(C)c(F)c1. The van der Waals surface area contributed by atoms with E-state index in [9.17, 15) is 14.5 Å². The summed E-state index contributed by atoms with van der Waals surface area (Å²) in [4.78, 5) is 10.3. The summed E-state index contributed by atoms with van der Waals surface area (Å²) < 4.78 is 18.6. The lowest BCUT2D eigenvalue weighted by atomic mass is 10.1. The van der Waals surface area contributed by atoms with Gasteiger partial charge in [0.05, 0.1) is 17.7 Å². The van der Waals surface area contributed by atoms with Gasteiger partial charge in [0.1, 0.15) is 11.6 Å². The van der Waals surface area contributed by atoms with E-state index in [2.05, 4.69) is 5.32 Å². The van der Waals surface area contributed by atoms with E-state index in [1.165, 1.54) is 31.4 Å². The summed E-state index contributed by atoms with van der Waals surface area (Å²) >= 11 is 0. The van der Waals surface area contributed by atoms with Gasteiger partial charge in [-0.1, -0.05) is 12.1 Å². The van der Waals surface area contributed by atoms with Crippen molar-refractivity contribution in [2.45, 2.75) is 13.5 Å². The summed E-state index contributed by atoms with van der Waals surface area (Å²) in [7, 11) is 1.48. The lowest BCUT2D eigenvalue weighted by Gasteiger charge is -2.11. The Labute approximate surface area is 121 Å². The lowest BCUT2D eigenvalue weighted by molar-refractivity contribution is -0.384. The molecule has 0 saturated heterocycles. The van der Waals surface area contributed by atoms with Crippen LogP contribution in [0.25, 0.3) is 0 Å². The summed E-state index contributed by atoms with van der Waals surface area (Å²) in [5.41, 5.74) is 1.78. The molecule has 2 aromatic rings. The number of nitrogens with zero attached hydrogens (tertiary/aromatic N) is 1. The van der Waals surface area contributed by atoms with Crippen molar-refractivity contribution in [3.05, 3.63) is 63.5 Å². The van der Waals surface area contributed by atoms with Crippen molar-refractivity contribution in [3.8, 4) is 5.75 Å². The van der Waals surface area contributed by atoms with Gasteiger partial charge in [-0.25, -0.2) is 4.39 Å². The van der Waals surface area contributed by atoms with Crippen LogP contribution in [0.4, 0.5) is 15.8 Å². The Morgan fingerprint density at radius 1 is 1.29 bits per heavy atom. The van der Waals surface area contributed by atoms with Gasteiger partial charge in [-0.05, 0) is 30.2 Å². The molecule has 0 amide bonds. The van der Waals surface area contributed by atoms with E-state index in [-0.39, 0.29) is 11.5 Å². The van der Waals surface area contributed by atoms with Crippen LogP contribution in [-0.4, -0.2) is 12.0 Å². The Morgan fingerprint density at radius 3 is 2.67 bits per heavy atom. The summed E-state index contributed by atoms with van der Waals surface area (Å²) in [5, 5.41) is 13.8. The van der Waals surface area contributed by atoms with E-state index in [4.69, 9.17) is 4.74 Å². The third-order valence-corrected chi connectivity index (χ3v) is 3.11. The van der Waals surface area contributed by atoms with Crippen molar-refractivity contribution in [1.29, 1.82) is 0 Å². The Hall–Kier alpha value is -2.63. The van der Waals surface area contributed by atoms with Crippen molar-refractivity contribution in [2.24, 2.45) is 0 Å². The van der Waals surface area contributed by atoms with Crippen molar-refractivity contribution >= 4 is 11.4 Å². The van der Waals surface area contributed by atoms with E-state index in [0.29, 0.717) is 23.5 Å². The number of rotatable bonds is 5. The summed E-state index contributed by atoms with van der Waals surface area (Å²) in [5.74, 6) is 0.216. The fourth-order valence-electron chi connectivity index (χ4n) is 1.89. The molecule has 1 N–H and O–H groups in total. The second-order valence-corrected chi connectivity index (χ2v) is 4.58. The third kappa shape index (κ3) is 3.47. The van der Waals surface area contributed by atoms with Crippen LogP contribution in [-0.2, 0) is 6.54 Å². The van der Waals surface area contributed by atoms with Gasteiger partial charge >= 0.3 is 0 Å². The van der Waals surface area contributed by atoms with Gasteiger partial charge in [0.15, 0.2) is 0 Å². The zero-order valence-corrected chi connectivity index (χ0v) is 11.7. The standard InChI is InChI=1S/C15H15FN2O3/c1-10-3-4-11(7-13(10)16)9-17-14-8-12(18(19)20)5-6-15(14)21-2/h3-8,17H,9H2,1-2H3. The van der Waals surface area contributed by atoms with E-state index < -0.39 is 4.92 Å². The molecular weight excluding hydrogens is 275 g/mol. The van der Waals surface area contributed by atoms with Crippen LogP contribution in [0, 0.1) is 22.9 Å². The minimum absolute atomic E-state index is 0.0339. The molecule has 0 spiro atoms. The predicted molar refractivity (Wildman–Crippen MR) is 78.1 cm³/mol. The maximum Gasteiger partial charge on any atom is 0.271 e. The number of ether oxygens (including phenoxy) is 1. The molecule has 0 fully saturated rings. The normalized spacial score (nSPS) is 10.2. The average Bonchev–Trinajstić information content (AvgIpc) is 2.48. The first-order valence-electron chi connectivity index (χ1n) is 6.32. The highest BCUT2D eigenvalue weighted by molar-refractivity contribution is 5.61. The molecule has 2 rings (SSSR count). The van der Waals surface area contributed by atoms with Crippen LogP contribution in [0.15, 0.2) is 36.4 Å². The number of methoxy groups -OCH3 is 1. The van der Waals surface area contributed by atoms with Crippen LogP contribution in [0.3, 0.4) is 0 Å². The summed E-state index contributed by atoms with van der Waals surface area (Å²) in [6, 6.07) is 9.22. The van der Waals surface area contributed by atoms with E-state index in [0.717, 1.165) is 5.56 Å². The molecule has 0 heterocycles. The molecule has 0 unspecified atom stereocenters. The number of benzene rings is 2. The number of hydrogen-bond acceptors (Lipinski definition) is 4. The first-order chi connectivity index (χ1) is 10.0. The predicted octanol–water partition coefficient (Wildman–Crippen LogP) is 3.66. The van der Waals surface area contributed by atoms with Gasteiger partial charge < -0.3 is 10.1 Å². The lowest BCUT2D eigenvalue weighted by Crippen LogP contribution is -2.03. The van der Waals surface area contributed by atoms with Crippen molar-refractivity contribution < 1.29 is 14.1 Å². The zero-order valence-electron chi connectivity index (χ0n) is 11.7. The molecule has 21 heavy (non-hydrogen) atoms. The molecule has 0 saturated carbocycles. The number of nitro groups is 1. The van der Waals surface area contributed by atoms with Crippen molar-refractivity contribution in [2.75, 3.05) is 12.4 Å². The van der Waals surface area contributed by atoms with E-state index in [1.54, 1.807) is 19.1 Å². The minimum Gasteiger partial charge on any atom is -0.495 e. The molecule has 0 atom stereocenters. The van der Waals surface area contributed by atoms with Gasteiger partial charge in [-0.15, -0.1) is 0 Å². The third-order valence-electron chi connectivity index (χ3n) is 3.11. The van der Waals surface area contributed by atoms with Crippen molar-refractivity contribution in [3.63, 3.8) is 0 Å². The molecule has 0 aliphatic rings. The highest BCUT2D eigenvalue weighted by atomic mass is 19.1. The Balaban J connectivity index is 2.19.